The number of carbonyl (C=O) groups excluding carboxylic acids is 1. The summed E-state index contributed by atoms with van der Waals surface area (Å²) in [5.74, 6) is -0.433. The smallest absolute Gasteiger partial charge is 0.338 e. The van der Waals surface area contributed by atoms with Gasteiger partial charge in [0.2, 0.25) is 0 Å². The van der Waals surface area contributed by atoms with E-state index in [0.29, 0.717) is 16.6 Å². The standard InChI is InChI=1S/C21H23BrN2O3/c1-13(2)21(26,19-11-24(3)12-23-19)15-6-8-16-14(9-15)5-7-17(18(16)10-22)20(25)27-4/h5-9,11-13,26H,10H2,1-4H3. The SMILES string of the molecule is COC(=O)c1ccc2cc(C(O)(c3cn(C)cn3)C(C)C)ccc2c1CBr. The number of hydrogen-bond donors (Lipinski definition) is 1. The van der Waals surface area contributed by atoms with E-state index in [1.54, 1.807) is 12.4 Å². The third-order valence-electron chi connectivity index (χ3n) is 5.04. The largest absolute Gasteiger partial charge is 0.465 e. The molecule has 6 heteroatoms. The number of benzene rings is 2. The van der Waals surface area contributed by atoms with Crippen molar-refractivity contribution in [1.82, 2.24) is 9.55 Å². The van der Waals surface area contributed by atoms with Crippen molar-refractivity contribution < 1.29 is 14.6 Å². The van der Waals surface area contributed by atoms with E-state index in [0.717, 1.165) is 21.9 Å². The van der Waals surface area contributed by atoms with Crippen LogP contribution in [0, 0.1) is 5.92 Å². The quantitative estimate of drug-likeness (QED) is 0.487. The van der Waals surface area contributed by atoms with Gasteiger partial charge in [-0.3, -0.25) is 0 Å². The second-order valence-electron chi connectivity index (χ2n) is 7.00. The molecule has 0 aliphatic rings. The maximum atomic E-state index is 12.0. The number of aromatic nitrogens is 2. The maximum Gasteiger partial charge on any atom is 0.338 e. The summed E-state index contributed by atoms with van der Waals surface area (Å²) >= 11 is 3.48. The van der Waals surface area contributed by atoms with Gasteiger partial charge in [-0.1, -0.05) is 48.0 Å². The molecule has 3 aromatic rings. The van der Waals surface area contributed by atoms with Gasteiger partial charge in [-0.05, 0) is 39.9 Å². The number of imidazole rings is 1. The summed E-state index contributed by atoms with van der Waals surface area (Å²) < 4.78 is 6.72. The molecule has 1 N–H and O–H groups in total. The first-order chi connectivity index (χ1) is 12.8. The Bertz CT molecular complexity index is 996. The summed E-state index contributed by atoms with van der Waals surface area (Å²) in [6.45, 7) is 3.95. The number of nitrogens with zero attached hydrogens (tertiary/aromatic N) is 2. The lowest BCUT2D eigenvalue weighted by molar-refractivity contribution is 0.0280. The number of methoxy groups -OCH3 is 1. The lowest BCUT2D eigenvalue weighted by Gasteiger charge is -2.31. The Morgan fingerprint density at radius 1 is 1.33 bits per heavy atom. The van der Waals surface area contributed by atoms with E-state index in [4.69, 9.17) is 4.74 Å². The summed E-state index contributed by atoms with van der Waals surface area (Å²) in [6, 6.07) is 9.48. The molecule has 27 heavy (non-hydrogen) atoms. The van der Waals surface area contributed by atoms with Crippen LogP contribution in [-0.4, -0.2) is 27.7 Å². The van der Waals surface area contributed by atoms with Crippen molar-refractivity contribution in [3.8, 4) is 0 Å². The number of alkyl halides is 1. The predicted octanol–water partition coefficient (Wildman–Crippen LogP) is 4.15. The van der Waals surface area contributed by atoms with E-state index in [1.165, 1.54) is 7.11 Å². The number of esters is 1. The van der Waals surface area contributed by atoms with Crippen LogP contribution in [0.1, 0.15) is 41.0 Å². The first-order valence-corrected chi connectivity index (χ1v) is 9.86. The molecular formula is C21H23BrN2O3. The molecule has 0 saturated heterocycles. The summed E-state index contributed by atoms with van der Waals surface area (Å²) in [6.07, 6.45) is 3.53. The minimum atomic E-state index is -1.20. The van der Waals surface area contributed by atoms with Gasteiger partial charge in [-0.15, -0.1) is 0 Å². The average molecular weight is 431 g/mol. The van der Waals surface area contributed by atoms with Crippen molar-refractivity contribution in [2.75, 3.05) is 7.11 Å². The molecule has 1 atom stereocenters. The molecule has 1 heterocycles. The third-order valence-corrected chi connectivity index (χ3v) is 5.60. The van der Waals surface area contributed by atoms with E-state index >= 15 is 0 Å². The van der Waals surface area contributed by atoms with Gasteiger partial charge in [0.05, 0.1) is 24.7 Å². The molecule has 142 valence electrons. The van der Waals surface area contributed by atoms with Crippen molar-refractivity contribution in [2.45, 2.75) is 24.8 Å². The number of aliphatic hydroxyl groups is 1. The number of hydrogen-bond acceptors (Lipinski definition) is 4. The summed E-state index contributed by atoms with van der Waals surface area (Å²) in [5.41, 5.74) is 1.60. The highest BCUT2D eigenvalue weighted by molar-refractivity contribution is 9.08. The zero-order valence-electron chi connectivity index (χ0n) is 15.9. The van der Waals surface area contributed by atoms with E-state index < -0.39 is 5.60 Å². The van der Waals surface area contributed by atoms with Crippen LogP contribution in [0.3, 0.4) is 0 Å². The summed E-state index contributed by atoms with van der Waals surface area (Å²) in [4.78, 5) is 16.4. The molecule has 0 aliphatic heterocycles. The third kappa shape index (κ3) is 3.28. The molecule has 0 amide bonds. The fourth-order valence-electron chi connectivity index (χ4n) is 3.46. The van der Waals surface area contributed by atoms with Gasteiger partial charge >= 0.3 is 5.97 Å². The molecule has 1 aromatic heterocycles. The van der Waals surface area contributed by atoms with E-state index in [2.05, 4.69) is 20.9 Å². The number of carbonyl (C=O) groups is 1. The Hall–Kier alpha value is -2.18. The van der Waals surface area contributed by atoms with Crippen LogP contribution >= 0.6 is 15.9 Å². The van der Waals surface area contributed by atoms with Gasteiger partial charge in [-0.2, -0.15) is 0 Å². The molecule has 0 fully saturated rings. The highest BCUT2D eigenvalue weighted by atomic mass is 79.9. The van der Waals surface area contributed by atoms with Crippen LogP contribution in [0.2, 0.25) is 0 Å². The van der Waals surface area contributed by atoms with Crippen LogP contribution < -0.4 is 0 Å². The highest BCUT2D eigenvalue weighted by Gasteiger charge is 2.37. The molecule has 3 rings (SSSR count). The van der Waals surface area contributed by atoms with Crippen LogP contribution in [0.25, 0.3) is 10.8 Å². The zero-order chi connectivity index (χ0) is 19.8. The molecule has 2 aromatic carbocycles. The number of rotatable bonds is 5. The van der Waals surface area contributed by atoms with Crippen LogP contribution in [0.15, 0.2) is 42.9 Å². The van der Waals surface area contributed by atoms with Crippen molar-refractivity contribution in [2.24, 2.45) is 13.0 Å². The first-order valence-electron chi connectivity index (χ1n) is 8.74. The summed E-state index contributed by atoms with van der Waals surface area (Å²) in [5, 5.41) is 14.0. The Morgan fingerprint density at radius 2 is 2.07 bits per heavy atom. The second-order valence-corrected chi connectivity index (χ2v) is 7.56. The average Bonchev–Trinajstić information content (AvgIpc) is 3.11. The van der Waals surface area contributed by atoms with Gasteiger partial charge in [-0.25, -0.2) is 9.78 Å². The zero-order valence-corrected chi connectivity index (χ0v) is 17.4. The van der Waals surface area contributed by atoms with Gasteiger partial charge < -0.3 is 14.4 Å². The first kappa shape index (κ1) is 19.6. The Morgan fingerprint density at radius 3 is 2.63 bits per heavy atom. The van der Waals surface area contributed by atoms with Crippen molar-refractivity contribution >= 4 is 32.7 Å². The molecule has 1 unspecified atom stereocenters. The van der Waals surface area contributed by atoms with Crippen LogP contribution in [0.5, 0.6) is 0 Å². The van der Waals surface area contributed by atoms with E-state index in [1.807, 2.05) is 55.9 Å². The van der Waals surface area contributed by atoms with Gasteiger partial charge in [0.1, 0.15) is 5.60 Å². The monoisotopic (exact) mass is 430 g/mol. The normalized spacial score (nSPS) is 13.7. The Balaban J connectivity index is 2.20. The van der Waals surface area contributed by atoms with Crippen molar-refractivity contribution in [3.63, 3.8) is 0 Å². The fourth-order valence-corrected chi connectivity index (χ4v) is 4.07. The minimum Gasteiger partial charge on any atom is -0.465 e. The van der Waals surface area contributed by atoms with E-state index in [9.17, 15) is 9.90 Å². The lowest BCUT2D eigenvalue weighted by atomic mass is 9.80. The van der Waals surface area contributed by atoms with E-state index in [-0.39, 0.29) is 11.9 Å². The Kier molecular flexibility index (Phi) is 5.40. The van der Waals surface area contributed by atoms with Gasteiger partial charge in [0, 0.05) is 18.6 Å². The lowest BCUT2D eigenvalue weighted by Crippen LogP contribution is -2.33. The van der Waals surface area contributed by atoms with Crippen LogP contribution in [-0.2, 0) is 22.7 Å². The topological polar surface area (TPSA) is 64.3 Å². The molecule has 0 radical (unpaired) electrons. The minimum absolute atomic E-state index is 0.0742. The number of aryl methyl sites for hydroxylation is 1. The molecule has 5 nitrogen and oxygen atoms in total. The van der Waals surface area contributed by atoms with Gasteiger partial charge in [0.15, 0.2) is 0 Å². The highest BCUT2D eigenvalue weighted by Crippen LogP contribution is 2.38. The number of ether oxygens (including phenoxy) is 1. The molecule has 0 bridgehead atoms. The molecule has 0 spiro atoms. The van der Waals surface area contributed by atoms with Crippen molar-refractivity contribution in [1.29, 1.82) is 0 Å². The van der Waals surface area contributed by atoms with Crippen LogP contribution in [0.4, 0.5) is 0 Å². The molecular weight excluding hydrogens is 408 g/mol. The van der Waals surface area contributed by atoms with Crippen molar-refractivity contribution in [3.05, 3.63) is 65.2 Å². The predicted molar refractivity (Wildman–Crippen MR) is 109 cm³/mol. The number of fused-ring (bicyclic) bond motifs is 1. The van der Waals surface area contributed by atoms with Gasteiger partial charge in [0.25, 0.3) is 0 Å². The Labute approximate surface area is 167 Å². The molecule has 0 saturated carbocycles. The number of halogens is 1. The second kappa shape index (κ2) is 7.44. The summed E-state index contributed by atoms with van der Waals surface area (Å²) in [7, 11) is 3.26. The fraction of sp³-hybridized carbons (Fsp3) is 0.333. The molecule has 0 aliphatic carbocycles. The maximum absolute atomic E-state index is 12.0.